The van der Waals surface area contributed by atoms with Gasteiger partial charge in [-0.15, -0.1) is 0 Å². The van der Waals surface area contributed by atoms with Gasteiger partial charge in [0.1, 0.15) is 5.75 Å². The van der Waals surface area contributed by atoms with Crippen LogP contribution in [0.1, 0.15) is 43.9 Å². The summed E-state index contributed by atoms with van der Waals surface area (Å²) in [7, 11) is 0. The van der Waals surface area contributed by atoms with Crippen molar-refractivity contribution in [2.45, 2.75) is 38.8 Å². The Hall–Kier alpha value is -1.51. The normalized spacial score (nSPS) is 12.6. The van der Waals surface area contributed by atoms with Gasteiger partial charge in [0.05, 0.1) is 6.04 Å². The minimum Gasteiger partial charge on any atom is -0.508 e. The van der Waals surface area contributed by atoms with Crippen LogP contribution in [0.4, 0.5) is 0 Å². The fourth-order valence-electron chi connectivity index (χ4n) is 2.47. The van der Waals surface area contributed by atoms with Gasteiger partial charge < -0.3 is 10.4 Å². The summed E-state index contributed by atoms with van der Waals surface area (Å²) in [5, 5.41) is 13.9. The van der Waals surface area contributed by atoms with Crippen molar-refractivity contribution in [3.63, 3.8) is 0 Å². The molecule has 21 heavy (non-hydrogen) atoms. The van der Waals surface area contributed by atoms with Gasteiger partial charge in [-0.2, -0.15) is 0 Å². The number of phenolic OH excluding ortho intramolecular Hbond substituents is 1. The quantitative estimate of drug-likeness (QED) is 0.794. The van der Waals surface area contributed by atoms with Crippen LogP contribution in [0.5, 0.6) is 5.75 Å². The Morgan fingerprint density at radius 2 is 1.38 bits per heavy atom. The van der Waals surface area contributed by atoms with E-state index in [2.05, 4.69) is 31.3 Å². The number of hydrogen-bond acceptors (Lipinski definition) is 2. The molecule has 2 aromatic carbocycles. The average Bonchev–Trinajstić information content (AvgIpc) is 2.51. The summed E-state index contributed by atoms with van der Waals surface area (Å²) >= 11 is 5.99. The lowest BCUT2D eigenvalue weighted by atomic mass is 9.97. The molecule has 0 spiro atoms. The molecule has 0 fully saturated rings. The molecule has 1 unspecified atom stereocenters. The second-order valence-corrected chi connectivity index (χ2v) is 5.69. The Labute approximate surface area is 131 Å². The third kappa shape index (κ3) is 4.23. The summed E-state index contributed by atoms with van der Waals surface area (Å²) in [4.78, 5) is 0. The fourth-order valence-corrected chi connectivity index (χ4v) is 2.59. The molecule has 0 amide bonds. The Balaban J connectivity index is 2.33. The lowest BCUT2D eigenvalue weighted by Crippen LogP contribution is -2.32. The first-order valence-electron chi connectivity index (χ1n) is 7.44. The highest BCUT2D eigenvalue weighted by atomic mass is 35.5. The van der Waals surface area contributed by atoms with Crippen molar-refractivity contribution < 1.29 is 5.11 Å². The molecule has 0 bridgehead atoms. The van der Waals surface area contributed by atoms with Crippen molar-refractivity contribution >= 4 is 11.6 Å². The van der Waals surface area contributed by atoms with Gasteiger partial charge in [0.15, 0.2) is 0 Å². The smallest absolute Gasteiger partial charge is 0.115 e. The number of phenols is 1. The van der Waals surface area contributed by atoms with Gasteiger partial charge in [-0.3, -0.25) is 0 Å². The highest BCUT2D eigenvalue weighted by molar-refractivity contribution is 6.30. The van der Waals surface area contributed by atoms with Gasteiger partial charge in [0, 0.05) is 11.1 Å². The summed E-state index contributed by atoms with van der Waals surface area (Å²) in [5.74, 6) is 0.288. The molecule has 2 aromatic rings. The van der Waals surface area contributed by atoms with Crippen molar-refractivity contribution in [3.8, 4) is 5.75 Å². The standard InChI is InChI=1S/C18H22ClNO/c1-3-16(4-2)20-18(13-5-9-15(19)10-6-13)14-7-11-17(21)12-8-14/h5-12,16,18,20-21H,3-4H2,1-2H3. The Morgan fingerprint density at radius 1 is 0.905 bits per heavy atom. The summed E-state index contributed by atoms with van der Waals surface area (Å²) in [6.07, 6.45) is 2.16. The molecule has 0 saturated carbocycles. The van der Waals surface area contributed by atoms with Crippen LogP contribution in [-0.2, 0) is 0 Å². The molecule has 0 aliphatic heterocycles. The maximum Gasteiger partial charge on any atom is 0.115 e. The van der Waals surface area contributed by atoms with E-state index in [1.165, 1.54) is 5.56 Å². The second kappa shape index (κ2) is 7.48. The number of aromatic hydroxyl groups is 1. The highest BCUT2D eigenvalue weighted by Gasteiger charge is 2.17. The topological polar surface area (TPSA) is 32.3 Å². The predicted octanol–water partition coefficient (Wildman–Crippen LogP) is 4.91. The molecule has 1 atom stereocenters. The van der Waals surface area contributed by atoms with Crippen molar-refractivity contribution in [1.29, 1.82) is 0 Å². The summed E-state index contributed by atoms with van der Waals surface area (Å²) < 4.78 is 0. The second-order valence-electron chi connectivity index (χ2n) is 5.26. The van der Waals surface area contributed by atoms with Gasteiger partial charge in [-0.05, 0) is 48.2 Å². The van der Waals surface area contributed by atoms with Crippen LogP contribution in [-0.4, -0.2) is 11.1 Å². The molecule has 0 aromatic heterocycles. The number of nitrogens with one attached hydrogen (secondary N) is 1. The Kier molecular flexibility index (Phi) is 5.66. The number of hydrogen-bond donors (Lipinski definition) is 2. The molecule has 112 valence electrons. The molecule has 2 nitrogen and oxygen atoms in total. The first-order chi connectivity index (χ1) is 10.1. The molecular weight excluding hydrogens is 282 g/mol. The molecule has 0 aliphatic rings. The van der Waals surface area contributed by atoms with E-state index in [-0.39, 0.29) is 11.8 Å². The van der Waals surface area contributed by atoms with Gasteiger partial charge >= 0.3 is 0 Å². The van der Waals surface area contributed by atoms with Crippen molar-refractivity contribution in [1.82, 2.24) is 5.32 Å². The molecule has 3 heteroatoms. The van der Waals surface area contributed by atoms with E-state index in [0.717, 1.165) is 23.4 Å². The van der Waals surface area contributed by atoms with E-state index in [1.807, 2.05) is 24.3 Å². The SMILES string of the molecule is CCC(CC)NC(c1ccc(O)cc1)c1ccc(Cl)cc1. The van der Waals surface area contributed by atoms with E-state index in [4.69, 9.17) is 11.6 Å². The van der Waals surface area contributed by atoms with Crippen molar-refractivity contribution in [3.05, 3.63) is 64.7 Å². The van der Waals surface area contributed by atoms with Gasteiger partial charge in [0.25, 0.3) is 0 Å². The van der Waals surface area contributed by atoms with E-state index < -0.39 is 0 Å². The maximum absolute atomic E-state index is 9.48. The zero-order valence-electron chi connectivity index (χ0n) is 12.5. The van der Waals surface area contributed by atoms with Crippen LogP contribution in [0.3, 0.4) is 0 Å². The number of rotatable bonds is 6. The minimum atomic E-state index is 0.104. The average molecular weight is 304 g/mol. The zero-order chi connectivity index (χ0) is 15.2. The molecule has 0 heterocycles. The van der Waals surface area contributed by atoms with Gasteiger partial charge in [-0.25, -0.2) is 0 Å². The van der Waals surface area contributed by atoms with Crippen LogP contribution in [0.25, 0.3) is 0 Å². The highest BCUT2D eigenvalue weighted by Crippen LogP contribution is 2.26. The van der Waals surface area contributed by atoms with E-state index >= 15 is 0 Å². The molecule has 2 N–H and O–H groups in total. The third-order valence-electron chi connectivity index (χ3n) is 3.82. The fraction of sp³-hybridized carbons (Fsp3) is 0.333. The molecular formula is C18H22ClNO. The van der Waals surface area contributed by atoms with Crippen LogP contribution in [0, 0.1) is 0 Å². The summed E-state index contributed by atoms with van der Waals surface area (Å²) in [6, 6.07) is 15.9. The van der Waals surface area contributed by atoms with Crippen molar-refractivity contribution in [2.24, 2.45) is 0 Å². The first kappa shape index (κ1) is 15.9. The lowest BCUT2D eigenvalue weighted by molar-refractivity contribution is 0.446. The predicted molar refractivity (Wildman–Crippen MR) is 88.9 cm³/mol. The third-order valence-corrected chi connectivity index (χ3v) is 4.07. The Morgan fingerprint density at radius 3 is 1.86 bits per heavy atom. The first-order valence-corrected chi connectivity index (χ1v) is 7.82. The van der Waals surface area contributed by atoms with E-state index in [9.17, 15) is 5.11 Å². The molecule has 0 radical (unpaired) electrons. The zero-order valence-corrected chi connectivity index (χ0v) is 13.3. The molecule has 0 aliphatic carbocycles. The van der Waals surface area contributed by atoms with Crippen LogP contribution >= 0.6 is 11.6 Å². The maximum atomic E-state index is 9.48. The Bertz CT molecular complexity index is 501. The number of benzene rings is 2. The van der Waals surface area contributed by atoms with Crippen molar-refractivity contribution in [2.75, 3.05) is 0 Å². The van der Waals surface area contributed by atoms with Gasteiger partial charge in [-0.1, -0.05) is 49.7 Å². The van der Waals surface area contributed by atoms with Crippen LogP contribution in [0.15, 0.2) is 48.5 Å². The monoisotopic (exact) mass is 303 g/mol. The number of halogens is 1. The van der Waals surface area contributed by atoms with E-state index in [0.29, 0.717) is 6.04 Å². The summed E-state index contributed by atoms with van der Waals surface area (Å²) in [5.41, 5.74) is 2.32. The largest absolute Gasteiger partial charge is 0.508 e. The van der Waals surface area contributed by atoms with Crippen LogP contribution in [0.2, 0.25) is 5.02 Å². The van der Waals surface area contributed by atoms with Crippen LogP contribution < -0.4 is 5.32 Å². The van der Waals surface area contributed by atoms with Gasteiger partial charge in [0.2, 0.25) is 0 Å². The molecule has 0 saturated heterocycles. The van der Waals surface area contributed by atoms with E-state index in [1.54, 1.807) is 12.1 Å². The molecule has 2 rings (SSSR count). The minimum absolute atomic E-state index is 0.104. The lowest BCUT2D eigenvalue weighted by Gasteiger charge is -2.25. The summed E-state index contributed by atoms with van der Waals surface area (Å²) in [6.45, 7) is 4.38.